The topological polar surface area (TPSA) is 55.8 Å². The Morgan fingerprint density at radius 2 is 2.06 bits per heavy atom. The van der Waals surface area contributed by atoms with Gasteiger partial charge in [-0.2, -0.15) is 0 Å². The van der Waals surface area contributed by atoms with Gasteiger partial charge in [-0.3, -0.25) is 0 Å². The van der Waals surface area contributed by atoms with E-state index in [1.165, 1.54) is 0 Å². The van der Waals surface area contributed by atoms with Gasteiger partial charge in [0.25, 0.3) is 0 Å². The average Bonchev–Trinajstić information content (AvgIpc) is 2.13. The van der Waals surface area contributed by atoms with Crippen LogP contribution in [0.2, 0.25) is 0 Å². The van der Waals surface area contributed by atoms with Crippen LogP contribution in [-0.2, 0) is 9.47 Å². The van der Waals surface area contributed by atoms with Crippen molar-refractivity contribution in [2.75, 3.05) is 6.61 Å². The molecule has 0 rings (SSSR count). The maximum Gasteiger partial charge on any atom is 0.509 e. The number of carbonyl (C=O) groups is 1. The van der Waals surface area contributed by atoms with Crippen LogP contribution in [0.4, 0.5) is 4.79 Å². The molecule has 4 nitrogen and oxygen atoms in total. The van der Waals surface area contributed by atoms with Crippen LogP contribution in [0.3, 0.4) is 0 Å². The largest absolute Gasteiger partial charge is 0.509 e. The first-order valence-corrected chi connectivity index (χ1v) is 5.56. The van der Waals surface area contributed by atoms with Crippen LogP contribution < -0.4 is 0 Å². The lowest BCUT2D eigenvalue weighted by Crippen LogP contribution is -2.28. The fraction of sp³-hybridized carbons (Fsp3) is 0.750. The minimum absolute atomic E-state index is 0.237. The molecule has 0 aliphatic rings. The first-order valence-electron chi connectivity index (χ1n) is 5.56. The Bertz CT molecular complexity index is 228. The summed E-state index contributed by atoms with van der Waals surface area (Å²) < 4.78 is 9.89. The molecule has 0 aromatic heterocycles. The molecule has 0 aliphatic carbocycles. The molecule has 1 N–H and O–H groups in total. The van der Waals surface area contributed by atoms with E-state index in [2.05, 4.69) is 0 Å². The summed E-state index contributed by atoms with van der Waals surface area (Å²) in [5.41, 5.74) is -0.579. The molecule has 0 saturated heterocycles. The molecule has 0 aromatic rings. The number of rotatable bonds is 5. The van der Waals surface area contributed by atoms with Crippen LogP contribution in [0.25, 0.3) is 0 Å². The molecule has 0 spiro atoms. The standard InChI is InChI=1S/C12H22O4/c1-5-6-7-8-10(9-13)15-11(14)16-12(2,3)4/h7-8,10,13H,5-6,9H2,1-4H3/b8-7-. The third-order valence-corrected chi connectivity index (χ3v) is 1.62. The van der Waals surface area contributed by atoms with Gasteiger partial charge in [-0.15, -0.1) is 0 Å². The van der Waals surface area contributed by atoms with E-state index >= 15 is 0 Å². The number of aliphatic hydroxyl groups excluding tert-OH is 1. The van der Waals surface area contributed by atoms with Crippen molar-refractivity contribution < 1.29 is 19.4 Å². The van der Waals surface area contributed by atoms with Crippen LogP contribution in [0.1, 0.15) is 40.5 Å². The summed E-state index contributed by atoms with van der Waals surface area (Å²) in [6.07, 6.45) is 4.09. The molecule has 0 aromatic carbocycles. The first kappa shape index (κ1) is 15.0. The van der Waals surface area contributed by atoms with Gasteiger partial charge in [-0.05, 0) is 33.3 Å². The Labute approximate surface area is 97.2 Å². The van der Waals surface area contributed by atoms with Gasteiger partial charge in [0.1, 0.15) is 11.7 Å². The summed E-state index contributed by atoms with van der Waals surface area (Å²) in [5, 5.41) is 8.99. The highest BCUT2D eigenvalue weighted by molar-refractivity contribution is 5.61. The molecule has 1 atom stereocenters. The van der Waals surface area contributed by atoms with Crippen molar-refractivity contribution in [1.29, 1.82) is 0 Å². The zero-order valence-corrected chi connectivity index (χ0v) is 10.5. The zero-order chi connectivity index (χ0) is 12.6. The lowest BCUT2D eigenvalue weighted by atomic mass is 10.2. The minimum Gasteiger partial charge on any atom is -0.429 e. The van der Waals surface area contributed by atoms with Crippen LogP contribution >= 0.6 is 0 Å². The van der Waals surface area contributed by atoms with Crippen molar-refractivity contribution in [3.05, 3.63) is 12.2 Å². The van der Waals surface area contributed by atoms with E-state index in [0.717, 1.165) is 12.8 Å². The van der Waals surface area contributed by atoms with E-state index in [-0.39, 0.29) is 6.61 Å². The van der Waals surface area contributed by atoms with Gasteiger partial charge in [0, 0.05) is 0 Å². The SMILES string of the molecule is CCC/C=C\C(CO)OC(=O)OC(C)(C)C. The van der Waals surface area contributed by atoms with Crippen molar-refractivity contribution in [2.24, 2.45) is 0 Å². The molecule has 0 heterocycles. The third kappa shape index (κ3) is 8.29. The van der Waals surface area contributed by atoms with E-state index < -0.39 is 17.9 Å². The average molecular weight is 230 g/mol. The van der Waals surface area contributed by atoms with Gasteiger partial charge in [-0.25, -0.2) is 4.79 Å². The van der Waals surface area contributed by atoms with Gasteiger partial charge < -0.3 is 14.6 Å². The molecule has 0 fully saturated rings. The number of unbranched alkanes of at least 4 members (excludes halogenated alkanes) is 1. The molecule has 0 amide bonds. The van der Waals surface area contributed by atoms with Crippen molar-refractivity contribution in [2.45, 2.75) is 52.2 Å². The molecule has 1 unspecified atom stereocenters. The predicted molar refractivity (Wildman–Crippen MR) is 62.2 cm³/mol. The van der Waals surface area contributed by atoms with Gasteiger partial charge in [0.05, 0.1) is 6.61 Å². The van der Waals surface area contributed by atoms with E-state index in [1.54, 1.807) is 26.8 Å². The van der Waals surface area contributed by atoms with Gasteiger partial charge in [0.15, 0.2) is 0 Å². The highest BCUT2D eigenvalue weighted by atomic mass is 16.7. The maximum absolute atomic E-state index is 11.3. The van der Waals surface area contributed by atoms with E-state index in [9.17, 15) is 4.79 Å². The number of carbonyl (C=O) groups excluding carboxylic acids is 1. The number of hydrogen-bond donors (Lipinski definition) is 1. The molecule has 0 aliphatic heterocycles. The Morgan fingerprint density at radius 1 is 1.44 bits per heavy atom. The van der Waals surface area contributed by atoms with Crippen molar-refractivity contribution >= 4 is 6.16 Å². The summed E-state index contributed by atoms with van der Waals surface area (Å²) >= 11 is 0. The van der Waals surface area contributed by atoms with Gasteiger partial charge in [-0.1, -0.05) is 19.4 Å². The second-order valence-electron chi connectivity index (χ2n) is 4.52. The summed E-state index contributed by atoms with van der Waals surface area (Å²) in [7, 11) is 0. The van der Waals surface area contributed by atoms with E-state index in [4.69, 9.17) is 14.6 Å². The van der Waals surface area contributed by atoms with Gasteiger partial charge >= 0.3 is 6.16 Å². The second-order valence-corrected chi connectivity index (χ2v) is 4.52. The smallest absolute Gasteiger partial charge is 0.429 e. The van der Waals surface area contributed by atoms with Crippen LogP contribution in [0.5, 0.6) is 0 Å². The third-order valence-electron chi connectivity index (χ3n) is 1.62. The molecule has 4 heteroatoms. The Hall–Kier alpha value is -1.03. The summed E-state index contributed by atoms with van der Waals surface area (Å²) in [6.45, 7) is 7.09. The Kier molecular flexibility index (Phi) is 6.81. The zero-order valence-electron chi connectivity index (χ0n) is 10.5. The minimum atomic E-state index is -0.757. The summed E-state index contributed by atoms with van der Waals surface area (Å²) in [4.78, 5) is 11.3. The lowest BCUT2D eigenvalue weighted by Gasteiger charge is -2.20. The number of aliphatic hydroxyl groups is 1. The maximum atomic E-state index is 11.3. The molecule has 0 saturated carbocycles. The number of hydrogen-bond acceptors (Lipinski definition) is 4. The highest BCUT2D eigenvalue weighted by Gasteiger charge is 2.19. The Morgan fingerprint density at radius 3 is 2.50 bits per heavy atom. The normalized spacial score (nSPS) is 13.8. The van der Waals surface area contributed by atoms with Crippen LogP contribution in [0.15, 0.2) is 12.2 Å². The van der Waals surface area contributed by atoms with Gasteiger partial charge in [0.2, 0.25) is 0 Å². The molecule has 0 bridgehead atoms. The first-order chi connectivity index (χ1) is 7.39. The summed E-state index contributed by atoms with van der Waals surface area (Å²) in [6, 6.07) is 0. The molecule has 94 valence electrons. The highest BCUT2D eigenvalue weighted by Crippen LogP contribution is 2.09. The monoisotopic (exact) mass is 230 g/mol. The Balaban J connectivity index is 4.07. The fourth-order valence-corrected chi connectivity index (χ4v) is 0.950. The second kappa shape index (κ2) is 7.28. The van der Waals surface area contributed by atoms with Crippen molar-refractivity contribution in [1.82, 2.24) is 0 Å². The number of ether oxygens (including phenoxy) is 2. The van der Waals surface area contributed by atoms with Crippen molar-refractivity contribution in [3.8, 4) is 0 Å². The molecular weight excluding hydrogens is 208 g/mol. The molecular formula is C12H22O4. The fourth-order valence-electron chi connectivity index (χ4n) is 0.950. The quantitative estimate of drug-likeness (QED) is 0.582. The van der Waals surface area contributed by atoms with E-state index in [0.29, 0.717) is 0 Å². The lowest BCUT2D eigenvalue weighted by molar-refractivity contribution is -0.0272. The number of allylic oxidation sites excluding steroid dienone is 1. The molecule has 16 heavy (non-hydrogen) atoms. The van der Waals surface area contributed by atoms with Crippen LogP contribution in [0, 0.1) is 0 Å². The van der Waals surface area contributed by atoms with Crippen LogP contribution in [-0.4, -0.2) is 29.6 Å². The van der Waals surface area contributed by atoms with Crippen molar-refractivity contribution in [3.63, 3.8) is 0 Å². The summed E-state index contributed by atoms with van der Waals surface area (Å²) in [5.74, 6) is 0. The molecule has 0 radical (unpaired) electrons. The predicted octanol–water partition coefficient (Wildman–Crippen LogP) is 2.66. The van der Waals surface area contributed by atoms with E-state index in [1.807, 2.05) is 13.0 Å².